The minimum Gasteiger partial charge on any atom is -0.508 e. The van der Waals surface area contributed by atoms with Gasteiger partial charge in [-0.05, 0) is 136 Å². The summed E-state index contributed by atoms with van der Waals surface area (Å²) in [5, 5.41) is 41.9. The van der Waals surface area contributed by atoms with E-state index < -0.39 is 17.7 Å². The van der Waals surface area contributed by atoms with E-state index in [1.54, 1.807) is 18.2 Å². The topological polar surface area (TPSA) is 138 Å². The summed E-state index contributed by atoms with van der Waals surface area (Å²) < 4.78 is 8.04. The number of allylic oxidation sites excluding steroid dienone is 1. The van der Waals surface area contributed by atoms with Crippen molar-refractivity contribution >= 4 is 28.9 Å². The molecule has 1 saturated heterocycles. The van der Waals surface area contributed by atoms with Gasteiger partial charge < -0.3 is 25.0 Å². The molecule has 1 unspecified atom stereocenters. The van der Waals surface area contributed by atoms with Crippen LogP contribution in [0.5, 0.6) is 5.75 Å². The highest BCUT2D eigenvalue weighted by molar-refractivity contribution is 5.99. The maximum atomic E-state index is 13.5. The lowest BCUT2D eigenvalue weighted by molar-refractivity contribution is -0.192. The number of phenols is 1. The number of esters is 1. The molecule has 2 atom stereocenters. The molecular formula is C44H52N4O6. The maximum Gasteiger partial charge on any atom is 0.343 e. The third-order valence-corrected chi connectivity index (χ3v) is 12.9. The van der Waals surface area contributed by atoms with Crippen molar-refractivity contribution in [1.82, 2.24) is 19.9 Å². The smallest absolute Gasteiger partial charge is 0.343 e. The van der Waals surface area contributed by atoms with Crippen molar-refractivity contribution in [3.8, 4) is 5.75 Å². The Hall–Kier alpha value is -4.38. The molecule has 284 valence electrons. The van der Waals surface area contributed by atoms with Crippen molar-refractivity contribution in [1.29, 1.82) is 0 Å². The van der Waals surface area contributed by atoms with Gasteiger partial charge in [-0.25, -0.2) is 9.48 Å². The molecule has 10 nitrogen and oxygen atoms in total. The SMILES string of the molecule is O=C1C=Cc2c([C@@H](O)CCCc3ccc4c(c3)nnn4CCCN3CCC4(CC3)CC(OC(=O)C(O)(c3ccccc3)C3CCCC3)C4)ccc(O)c2C1. The number of aromatic nitrogens is 3. The number of aromatic hydroxyl groups is 1. The number of rotatable bonds is 13. The van der Waals surface area contributed by atoms with Crippen LogP contribution < -0.4 is 0 Å². The first-order valence-electron chi connectivity index (χ1n) is 20.0. The van der Waals surface area contributed by atoms with Gasteiger partial charge in [0.25, 0.3) is 0 Å². The molecule has 0 amide bonds. The summed E-state index contributed by atoms with van der Waals surface area (Å²) in [6.45, 7) is 3.87. The van der Waals surface area contributed by atoms with E-state index in [0.717, 1.165) is 125 Å². The molecule has 4 aliphatic rings. The fourth-order valence-electron chi connectivity index (χ4n) is 9.64. The summed E-state index contributed by atoms with van der Waals surface area (Å²) in [5.74, 6) is -0.507. The molecule has 2 heterocycles. The van der Waals surface area contributed by atoms with Crippen LogP contribution >= 0.6 is 0 Å². The Kier molecular flexibility index (Phi) is 10.4. The van der Waals surface area contributed by atoms with Gasteiger partial charge in [0, 0.05) is 24.4 Å². The lowest BCUT2D eigenvalue weighted by Gasteiger charge is -2.52. The monoisotopic (exact) mass is 732 g/mol. The van der Waals surface area contributed by atoms with Gasteiger partial charge in [-0.15, -0.1) is 5.10 Å². The minimum absolute atomic E-state index is 0.0488. The second kappa shape index (κ2) is 15.4. The van der Waals surface area contributed by atoms with Crippen LogP contribution in [0.2, 0.25) is 0 Å². The van der Waals surface area contributed by atoms with E-state index >= 15 is 0 Å². The fourth-order valence-corrected chi connectivity index (χ4v) is 9.64. The third-order valence-electron chi connectivity index (χ3n) is 12.9. The number of nitrogens with zero attached hydrogens (tertiary/aromatic N) is 4. The summed E-state index contributed by atoms with van der Waals surface area (Å²) >= 11 is 0. The Balaban J connectivity index is 0.769. The first kappa shape index (κ1) is 36.6. The average molecular weight is 733 g/mol. The highest BCUT2D eigenvalue weighted by Gasteiger charge is 2.52. The van der Waals surface area contributed by atoms with Gasteiger partial charge >= 0.3 is 5.97 Å². The Labute approximate surface area is 316 Å². The summed E-state index contributed by atoms with van der Waals surface area (Å²) in [7, 11) is 0. The molecule has 3 aromatic carbocycles. The average Bonchev–Trinajstić information content (AvgIpc) is 3.86. The van der Waals surface area contributed by atoms with Crippen molar-refractivity contribution in [3.05, 3.63) is 94.6 Å². The van der Waals surface area contributed by atoms with Crippen LogP contribution in [-0.4, -0.2) is 72.7 Å². The van der Waals surface area contributed by atoms with Crippen LogP contribution in [0.15, 0.2) is 66.7 Å². The number of hydrogen-bond acceptors (Lipinski definition) is 9. The maximum absolute atomic E-state index is 13.5. The van der Waals surface area contributed by atoms with E-state index in [4.69, 9.17) is 4.74 Å². The largest absolute Gasteiger partial charge is 0.508 e. The number of carbonyl (C=O) groups is 2. The van der Waals surface area contributed by atoms with E-state index in [-0.39, 0.29) is 35.4 Å². The van der Waals surface area contributed by atoms with Gasteiger partial charge in [-0.1, -0.05) is 66.6 Å². The van der Waals surface area contributed by atoms with Crippen molar-refractivity contribution in [2.24, 2.45) is 11.3 Å². The number of phenolic OH excluding ortho intramolecular Hbond substituents is 1. The van der Waals surface area contributed by atoms with Crippen molar-refractivity contribution in [2.75, 3.05) is 19.6 Å². The number of benzene rings is 3. The summed E-state index contributed by atoms with van der Waals surface area (Å²) in [6, 6.07) is 19.0. The van der Waals surface area contributed by atoms with E-state index in [9.17, 15) is 24.9 Å². The van der Waals surface area contributed by atoms with Crippen LogP contribution in [0, 0.1) is 11.3 Å². The number of fused-ring (bicyclic) bond motifs is 2. The molecule has 3 fully saturated rings. The van der Waals surface area contributed by atoms with Crippen LogP contribution in [0.1, 0.15) is 105 Å². The normalized spacial score (nSPS) is 20.5. The van der Waals surface area contributed by atoms with Crippen molar-refractivity contribution in [3.63, 3.8) is 0 Å². The molecule has 0 bridgehead atoms. The number of ether oxygens (including phenoxy) is 1. The number of aliphatic hydroxyl groups excluding tert-OH is 1. The second-order valence-electron chi connectivity index (χ2n) is 16.3. The molecule has 3 aliphatic carbocycles. The third kappa shape index (κ3) is 7.36. The molecule has 3 N–H and O–H groups in total. The summed E-state index contributed by atoms with van der Waals surface area (Å²) in [6.07, 6.45) is 13.5. The van der Waals surface area contributed by atoms with Crippen molar-refractivity contribution < 1.29 is 29.6 Å². The molecule has 1 spiro atoms. The number of hydrogen-bond donors (Lipinski definition) is 3. The first-order valence-corrected chi connectivity index (χ1v) is 20.0. The van der Waals surface area contributed by atoms with Gasteiger partial charge in [0.2, 0.25) is 0 Å². The molecular weight excluding hydrogens is 681 g/mol. The number of likely N-dealkylation sites (tertiary alicyclic amines) is 1. The van der Waals surface area contributed by atoms with Crippen LogP contribution in [0.25, 0.3) is 17.1 Å². The Bertz CT molecular complexity index is 2000. The van der Waals surface area contributed by atoms with Crippen LogP contribution in [0.4, 0.5) is 0 Å². The lowest BCUT2D eigenvalue weighted by atomic mass is 9.61. The molecule has 1 aromatic heterocycles. The number of piperidine rings is 1. The zero-order chi connectivity index (χ0) is 37.3. The van der Waals surface area contributed by atoms with E-state index in [1.165, 1.54) is 6.08 Å². The summed E-state index contributed by atoms with van der Waals surface area (Å²) in [5.41, 5.74) is 4.47. The van der Waals surface area contributed by atoms with Crippen LogP contribution in [-0.2, 0) is 39.3 Å². The molecule has 0 radical (unpaired) electrons. The van der Waals surface area contributed by atoms with E-state index in [2.05, 4.69) is 33.4 Å². The predicted octanol–water partition coefficient (Wildman–Crippen LogP) is 6.59. The van der Waals surface area contributed by atoms with Crippen LogP contribution in [0.3, 0.4) is 0 Å². The van der Waals surface area contributed by atoms with E-state index in [1.807, 2.05) is 35.0 Å². The number of carbonyl (C=O) groups excluding carboxylic acids is 2. The lowest BCUT2D eigenvalue weighted by Crippen LogP contribution is -2.52. The first-order chi connectivity index (χ1) is 26.2. The molecule has 8 rings (SSSR count). The number of aryl methyl sites for hydroxylation is 2. The Morgan fingerprint density at radius 1 is 0.981 bits per heavy atom. The van der Waals surface area contributed by atoms with Crippen molar-refractivity contribution in [2.45, 2.75) is 108 Å². The quantitative estimate of drug-likeness (QED) is 0.130. The Morgan fingerprint density at radius 2 is 1.76 bits per heavy atom. The number of ketones is 1. The van der Waals surface area contributed by atoms with Gasteiger partial charge in [0.05, 0.1) is 11.6 Å². The molecule has 1 aliphatic heterocycles. The minimum atomic E-state index is -1.56. The Morgan fingerprint density at radius 3 is 2.54 bits per heavy atom. The zero-order valence-electron chi connectivity index (χ0n) is 31.0. The zero-order valence-corrected chi connectivity index (χ0v) is 31.0. The fraction of sp³-hybridized carbons (Fsp3) is 0.500. The highest BCUT2D eigenvalue weighted by atomic mass is 16.6. The van der Waals surface area contributed by atoms with Gasteiger partial charge in [-0.2, -0.15) is 0 Å². The molecule has 54 heavy (non-hydrogen) atoms. The molecule has 10 heteroatoms. The van der Waals surface area contributed by atoms with Gasteiger partial charge in [0.15, 0.2) is 11.4 Å². The van der Waals surface area contributed by atoms with E-state index in [0.29, 0.717) is 17.5 Å². The number of aliphatic hydroxyl groups is 2. The molecule has 2 saturated carbocycles. The standard InChI is InChI=1S/C44H52N4O6/c49-33-15-16-35-36(17-19-41(51)37(35)27-33)40(50)13-6-8-30-14-18-39-38(26-30)45-46-48(39)23-7-22-47-24-20-43(21-25-47)28-34(29-43)54-42(52)44(53,32-11-4-5-12-32)31-9-2-1-3-10-31/h1-3,9-10,14-19,26,32,34,40,50-51,53H,4-8,11-13,20-25,27-29H2/t40-,44?/m0/s1. The van der Waals surface area contributed by atoms with Gasteiger partial charge in [-0.3, -0.25) is 4.79 Å². The predicted molar refractivity (Wildman–Crippen MR) is 205 cm³/mol. The summed E-state index contributed by atoms with van der Waals surface area (Å²) in [4.78, 5) is 27.9. The second-order valence-corrected chi connectivity index (χ2v) is 16.3. The molecule has 4 aromatic rings. The van der Waals surface area contributed by atoms with Gasteiger partial charge in [0.1, 0.15) is 17.4 Å². The highest BCUT2D eigenvalue weighted by Crippen LogP contribution is 2.51.